The van der Waals surface area contributed by atoms with E-state index in [1.54, 1.807) is 23.5 Å². The molecule has 0 amide bonds. The summed E-state index contributed by atoms with van der Waals surface area (Å²) in [6, 6.07) is 8.79. The fourth-order valence-electron chi connectivity index (χ4n) is 2.86. The van der Waals surface area contributed by atoms with E-state index in [0.717, 1.165) is 19.3 Å². The summed E-state index contributed by atoms with van der Waals surface area (Å²) in [5.41, 5.74) is 8.28. The van der Waals surface area contributed by atoms with Crippen LogP contribution in [0.25, 0.3) is 0 Å². The Labute approximate surface area is 110 Å². The van der Waals surface area contributed by atoms with Crippen molar-refractivity contribution in [2.75, 3.05) is 0 Å². The van der Waals surface area contributed by atoms with Gasteiger partial charge in [-0.05, 0) is 42.3 Å². The summed E-state index contributed by atoms with van der Waals surface area (Å²) >= 11 is 1.80. The first kappa shape index (κ1) is 11.9. The maximum absolute atomic E-state index is 13.8. The van der Waals surface area contributed by atoms with Crippen molar-refractivity contribution in [2.45, 2.75) is 31.2 Å². The van der Waals surface area contributed by atoms with E-state index in [9.17, 15) is 4.39 Å². The van der Waals surface area contributed by atoms with Gasteiger partial charge in [-0.1, -0.05) is 18.2 Å². The van der Waals surface area contributed by atoms with Crippen LogP contribution >= 0.6 is 11.3 Å². The molecule has 2 unspecified atom stereocenters. The largest absolute Gasteiger partial charge is 0.323 e. The number of halogens is 1. The molecule has 1 aliphatic carbocycles. The molecule has 3 heteroatoms. The lowest BCUT2D eigenvalue weighted by molar-refractivity contribution is 0.462. The van der Waals surface area contributed by atoms with Gasteiger partial charge in [0.15, 0.2) is 0 Å². The molecule has 1 heterocycles. The Hall–Kier alpha value is -1.19. The van der Waals surface area contributed by atoms with E-state index in [0.29, 0.717) is 5.56 Å². The fourth-order valence-corrected chi connectivity index (χ4v) is 3.85. The van der Waals surface area contributed by atoms with Crippen molar-refractivity contribution in [2.24, 2.45) is 5.73 Å². The van der Waals surface area contributed by atoms with Crippen LogP contribution in [0.15, 0.2) is 35.7 Å². The maximum atomic E-state index is 13.8. The summed E-state index contributed by atoms with van der Waals surface area (Å²) in [7, 11) is 0. The van der Waals surface area contributed by atoms with E-state index >= 15 is 0 Å². The number of hydrogen-bond donors (Lipinski definition) is 1. The van der Waals surface area contributed by atoms with Crippen LogP contribution < -0.4 is 5.73 Å². The quantitative estimate of drug-likeness (QED) is 0.868. The second-order valence-electron chi connectivity index (χ2n) is 4.85. The molecule has 0 aliphatic heterocycles. The van der Waals surface area contributed by atoms with Gasteiger partial charge in [0.25, 0.3) is 0 Å². The number of hydrogen-bond acceptors (Lipinski definition) is 2. The summed E-state index contributed by atoms with van der Waals surface area (Å²) in [4.78, 5) is 1.43. The molecule has 0 bridgehead atoms. The minimum Gasteiger partial charge on any atom is -0.323 e. The van der Waals surface area contributed by atoms with Crippen LogP contribution in [0.1, 0.15) is 40.8 Å². The predicted molar refractivity (Wildman–Crippen MR) is 73.3 cm³/mol. The van der Waals surface area contributed by atoms with Crippen LogP contribution in [0, 0.1) is 5.82 Å². The van der Waals surface area contributed by atoms with Gasteiger partial charge in [0, 0.05) is 22.4 Å². The van der Waals surface area contributed by atoms with Gasteiger partial charge in [-0.25, -0.2) is 4.39 Å². The normalized spacial score (nSPS) is 20.4. The second-order valence-corrected chi connectivity index (χ2v) is 5.85. The van der Waals surface area contributed by atoms with E-state index in [1.807, 2.05) is 6.07 Å². The highest BCUT2D eigenvalue weighted by Gasteiger charge is 2.28. The molecule has 0 fully saturated rings. The molecule has 1 aliphatic rings. The van der Waals surface area contributed by atoms with Crippen molar-refractivity contribution in [1.29, 1.82) is 0 Å². The summed E-state index contributed by atoms with van der Waals surface area (Å²) in [5.74, 6) is 0.0734. The number of fused-ring (bicyclic) bond motifs is 1. The first-order valence-corrected chi connectivity index (χ1v) is 7.21. The second kappa shape index (κ2) is 4.82. The van der Waals surface area contributed by atoms with E-state index in [1.165, 1.54) is 16.5 Å². The molecular weight excluding hydrogens is 245 g/mol. The molecule has 0 saturated carbocycles. The van der Waals surface area contributed by atoms with E-state index in [2.05, 4.69) is 11.4 Å². The van der Waals surface area contributed by atoms with Gasteiger partial charge < -0.3 is 5.73 Å². The lowest BCUT2D eigenvalue weighted by Crippen LogP contribution is -2.23. The molecule has 2 atom stereocenters. The molecule has 1 nitrogen and oxygen atoms in total. The lowest BCUT2D eigenvalue weighted by Gasteiger charge is -2.28. The van der Waals surface area contributed by atoms with Crippen LogP contribution in [0.2, 0.25) is 0 Å². The Morgan fingerprint density at radius 2 is 2.11 bits per heavy atom. The van der Waals surface area contributed by atoms with Crippen molar-refractivity contribution in [3.8, 4) is 0 Å². The van der Waals surface area contributed by atoms with Crippen molar-refractivity contribution in [3.63, 3.8) is 0 Å². The third-order valence-corrected chi connectivity index (χ3v) is 4.79. The molecule has 0 spiro atoms. The van der Waals surface area contributed by atoms with Crippen LogP contribution in [0.3, 0.4) is 0 Å². The molecule has 1 aromatic carbocycles. The van der Waals surface area contributed by atoms with E-state index in [4.69, 9.17) is 5.73 Å². The minimum absolute atomic E-state index is 0.188. The van der Waals surface area contributed by atoms with Crippen LogP contribution in [-0.4, -0.2) is 0 Å². The van der Waals surface area contributed by atoms with Crippen molar-refractivity contribution in [1.82, 2.24) is 0 Å². The molecule has 2 aromatic rings. The summed E-state index contributed by atoms with van der Waals surface area (Å²) < 4.78 is 13.8. The lowest BCUT2D eigenvalue weighted by atomic mass is 9.80. The zero-order chi connectivity index (χ0) is 12.5. The maximum Gasteiger partial charge on any atom is 0.127 e. The number of thiophene rings is 1. The number of nitrogens with two attached hydrogens (primary N) is 1. The minimum atomic E-state index is -0.236. The average Bonchev–Trinajstić information content (AvgIpc) is 2.86. The fraction of sp³-hybridized carbons (Fsp3) is 0.333. The molecule has 3 rings (SSSR count). The first-order chi connectivity index (χ1) is 8.77. The highest BCUT2D eigenvalue weighted by Crippen LogP contribution is 2.41. The smallest absolute Gasteiger partial charge is 0.127 e. The molecule has 0 radical (unpaired) electrons. The molecule has 18 heavy (non-hydrogen) atoms. The molecule has 1 aromatic heterocycles. The Bertz CT molecular complexity index is 549. The number of benzene rings is 1. The zero-order valence-corrected chi connectivity index (χ0v) is 10.9. The van der Waals surface area contributed by atoms with Gasteiger partial charge in [0.05, 0.1) is 0 Å². The van der Waals surface area contributed by atoms with Gasteiger partial charge in [-0.2, -0.15) is 0 Å². The third-order valence-electron chi connectivity index (χ3n) is 3.80. The summed E-state index contributed by atoms with van der Waals surface area (Å²) in [5, 5.41) is 2.12. The summed E-state index contributed by atoms with van der Waals surface area (Å²) in [6.07, 6.45) is 3.35. The monoisotopic (exact) mass is 261 g/mol. The Morgan fingerprint density at radius 1 is 1.28 bits per heavy atom. The molecule has 94 valence electrons. The topological polar surface area (TPSA) is 26.0 Å². The van der Waals surface area contributed by atoms with Crippen molar-refractivity contribution < 1.29 is 4.39 Å². The van der Waals surface area contributed by atoms with E-state index in [-0.39, 0.29) is 17.8 Å². The number of rotatable bonds is 2. The van der Waals surface area contributed by atoms with Gasteiger partial charge in [-0.15, -0.1) is 11.3 Å². The first-order valence-electron chi connectivity index (χ1n) is 6.33. The van der Waals surface area contributed by atoms with Gasteiger partial charge >= 0.3 is 0 Å². The average molecular weight is 261 g/mol. The molecule has 0 saturated heterocycles. The Balaban J connectivity index is 1.95. The van der Waals surface area contributed by atoms with E-state index < -0.39 is 0 Å². The van der Waals surface area contributed by atoms with Gasteiger partial charge in [0.1, 0.15) is 5.82 Å². The Morgan fingerprint density at radius 3 is 2.94 bits per heavy atom. The van der Waals surface area contributed by atoms with Crippen LogP contribution in [0.4, 0.5) is 4.39 Å². The zero-order valence-electron chi connectivity index (χ0n) is 10.1. The Kier molecular flexibility index (Phi) is 3.18. The third kappa shape index (κ3) is 1.98. The summed E-state index contributed by atoms with van der Waals surface area (Å²) in [6.45, 7) is 0. The highest BCUT2D eigenvalue weighted by atomic mass is 32.1. The van der Waals surface area contributed by atoms with Gasteiger partial charge in [-0.3, -0.25) is 0 Å². The van der Waals surface area contributed by atoms with Crippen molar-refractivity contribution >= 4 is 11.3 Å². The number of aryl methyl sites for hydroxylation is 1. The highest BCUT2D eigenvalue weighted by molar-refractivity contribution is 7.10. The molecular formula is C15H16FNS. The van der Waals surface area contributed by atoms with Crippen molar-refractivity contribution in [3.05, 3.63) is 57.5 Å². The van der Waals surface area contributed by atoms with Gasteiger partial charge in [0.2, 0.25) is 0 Å². The standard InChI is InChI=1S/C15H16FNS/c16-13-6-2-1-4-12(13)15(17)11-5-3-7-14-10(11)8-9-18-14/h1-2,4,6,8-9,11,15H,3,5,7,17H2. The predicted octanol–water partition coefficient (Wildman–Crippen LogP) is 4.01. The van der Waals surface area contributed by atoms with Crippen LogP contribution in [0.5, 0.6) is 0 Å². The van der Waals surface area contributed by atoms with Crippen LogP contribution in [-0.2, 0) is 6.42 Å². The molecule has 2 N–H and O–H groups in total. The SMILES string of the molecule is NC(c1ccccc1F)C1CCCc2sccc21.